The van der Waals surface area contributed by atoms with E-state index in [1.807, 2.05) is 42.5 Å². The maximum absolute atomic E-state index is 9.10. The number of hydrogen-bond donors (Lipinski definition) is 0. The number of benzene rings is 2. The Bertz CT molecular complexity index is 1170. The molecule has 2 heterocycles. The third-order valence-electron chi connectivity index (χ3n) is 4.48. The Kier molecular flexibility index (Phi) is 6.02. The number of thiazole rings is 1. The first-order valence-electron chi connectivity index (χ1n) is 9.44. The van der Waals surface area contributed by atoms with Crippen molar-refractivity contribution in [2.75, 3.05) is 0 Å². The van der Waals surface area contributed by atoms with E-state index in [-0.39, 0.29) is 0 Å². The number of pyridine rings is 1. The topological polar surface area (TPSA) is 68.0 Å². The second kappa shape index (κ2) is 9.21. The summed E-state index contributed by atoms with van der Waals surface area (Å²) in [7, 11) is 0. The number of aromatic nitrogens is 2. The highest BCUT2D eigenvalue weighted by Crippen LogP contribution is 2.28. The van der Waals surface area contributed by atoms with Crippen molar-refractivity contribution in [3.8, 4) is 28.3 Å². The largest absolute Gasteiger partial charge is 0.487 e. The van der Waals surface area contributed by atoms with Crippen LogP contribution in [-0.4, -0.2) is 9.97 Å². The fourth-order valence-corrected chi connectivity index (χ4v) is 3.76. The lowest BCUT2D eigenvalue weighted by molar-refractivity contribution is 0.290. The summed E-state index contributed by atoms with van der Waals surface area (Å²) in [5.74, 6) is 1.11. The molecule has 2 aromatic carbocycles. The third-order valence-corrected chi connectivity index (χ3v) is 5.54. The summed E-state index contributed by atoms with van der Waals surface area (Å²) >= 11 is 1.68. The van der Waals surface area contributed by atoms with Gasteiger partial charge in [-0.3, -0.25) is 0 Å². The minimum absolute atomic E-state index is 0.331. The van der Waals surface area contributed by atoms with Crippen molar-refractivity contribution in [3.05, 3.63) is 94.6 Å². The average Bonchev–Trinajstić information content (AvgIpc) is 3.18. The molecule has 0 aliphatic rings. The van der Waals surface area contributed by atoms with Crippen molar-refractivity contribution < 1.29 is 9.47 Å². The summed E-state index contributed by atoms with van der Waals surface area (Å²) < 4.78 is 11.6. The van der Waals surface area contributed by atoms with Crippen LogP contribution >= 0.6 is 11.3 Å². The molecule has 0 atom stereocenters. The van der Waals surface area contributed by atoms with E-state index in [1.165, 1.54) is 0 Å². The van der Waals surface area contributed by atoms with E-state index >= 15 is 0 Å². The molecule has 0 aliphatic heterocycles. The fraction of sp³-hybridized carbons (Fsp3) is 0.125. The van der Waals surface area contributed by atoms with Gasteiger partial charge in [0.2, 0.25) is 5.88 Å². The smallest absolute Gasteiger partial charge is 0.231 e. The summed E-state index contributed by atoms with van der Waals surface area (Å²) in [6, 6.07) is 23.3. The molecular formula is C24H19N3O2S. The van der Waals surface area contributed by atoms with Gasteiger partial charge in [0.1, 0.15) is 35.6 Å². The molecule has 4 aromatic rings. The van der Waals surface area contributed by atoms with E-state index in [4.69, 9.17) is 19.7 Å². The minimum Gasteiger partial charge on any atom is -0.487 e. The number of ether oxygens (including phenoxy) is 2. The van der Waals surface area contributed by atoms with Gasteiger partial charge in [-0.1, -0.05) is 42.5 Å². The van der Waals surface area contributed by atoms with Gasteiger partial charge < -0.3 is 9.47 Å². The normalized spacial score (nSPS) is 10.4. The van der Waals surface area contributed by atoms with Crippen molar-refractivity contribution in [1.29, 1.82) is 5.26 Å². The van der Waals surface area contributed by atoms with Crippen LogP contribution < -0.4 is 9.47 Å². The van der Waals surface area contributed by atoms with Gasteiger partial charge in [-0.15, -0.1) is 11.3 Å². The van der Waals surface area contributed by atoms with Gasteiger partial charge in [0.25, 0.3) is 0 Å². The fourth-order valence-electron chi connectivity index (χ4n) is 2.84. The highest BCUT2D eigenvalue weighted by molar-refractivity contribution is 7.15. The lowest BCUT2D eigenvalue weighted by Crippen LogP contribution is -2.00. The molecule has 0 saturated heterocycles. The van der Waals surface area contributed by atoms with Gasteiger partial charge in [0, 0.05) is 16.6 Å². The zero-order valence-electron chi connectivity index (χ0n) is 16.4. The van der Waals surface area contributed by atoms with Crippen LogP contribution in [-0.2, 0) is 13.2 Å². The highest BCUT2D eigenvalue weighted by Gasteiger charge is 2.10. The molecule has 6 heteroatoms. The molecule has 0 bridgehead atoms. The monoisotopic (exact) mass is 413 g/mol. The Morgan fingerprint density at radius 3 is 2.50 bits per heavy atom. The highest BCUT2D eigenvalue weighted by atomic mass is 32.1. The minimum atomic E-state index is 0.331. The molecule has 0 amide bonds. The maximum Gasteiger partial charge on any atom is 0.231 e. The third kappa shape index (κ3) is 4.65. The molecule has 0 spiro atoms. The Labute approximate surface area is 179 Å². The number of nitriles is 1. The molecule has 5 nitrogen and oxygen atoms in total. The lowest BCUT2D eigenvalue weighted by Gasteiger charge is -2.08. The molecule has 0 fully saturated rings. The molecule has 0 saturated carbocycles. The zero-order chi connectivity index (χ0) is 20.8. The second-order valence-electron chi connectivity index (χ2n) is 6.58. The standard InChI is InChI=1S/C24H19N3O2S/c1-17-22(27-24(30-17)19-6-3-2-4-7-19)16-28-21-11-9-18(10-12-21)15-29-23-20(14-25)8-5-13-26-23/h2-13H,15-16H2,1H3. The van der Waals surface area contributed by atoms with E-state index in [9.17, 15) is 0 Å². The van der Waals surface area contributed by atoms with E-state index in [0.717, 1.165) is 32.5 Å². The van der Waals surface area contributed by atoms with Gasteiger partial charge >= 0.3 is 0 Å². The van der Waals surface area contributed by atoms with Crippen molar-refractivity contribution in [2.24, 2.45) is 0 Å². The van der Waals surface area contributed by atoms with Crippen LogP contribution in [0, 0.1) is 18.3 Å². The first-order chi connectivity index (χ1) is 14.7. The van der Waals surface area contributed by atoms with Crippen molar-refractivity contribution in [2.45, 2.75) is 20.1 Å². The van der Waals surface area contributed by atoms with Crippen LogP contribution in [0.2, 0.25) is 0 Å². The van der Waals surface area contributed by atoms with Crippen LogP contribution in [0.5, 0.6) is 11.6 Å². The summed E-state index contributed by atoms with van der Waals surface area (Å²) in [4.78, 5) is 9.99. The van der Waals surface area contributed by atoms with Gasteiger partial charge in [0.15, 0.2) is 0 Å². The summed E-state index contributed by atoms with van der Waals surface area (Å²) in [5, 5.41) is 10.1. The van der Waals surface area contributed by atoms with Crippen LogP contribution in [0.15, 0.2) is 72.9 Å². The van der Waals surface area contributed by atoms with Crippen molar-refractivity contribution >= 4 is 11.3 Å². The molecule has 2 aromatic heterocycles. The predicted molar refractivity (Wildman–Crippen MR) is 116 cm³/mol. The molecule has 148 valence electrons. The number of rotatable bonds is 7. The van der Waals surface area contributed by atoms with Gasteiger partial charge in [0.05, 0.1) is 5.69 Å². The Morgan fingerprint density at radius 2 is 1.73 bits per heavy atom. The summed E-state index contributed by atoms with van der Waals surface area (Å²) in [6.07, 6.45) is 1.61. The summed E-state index contributed by atoms with van der Waals surface area (Å²) in [6.45, 7) is 2.82. The van der Waals surface area contributed by atoms with E-state index < -0.39 is 0 Å². The van der Waals surface area contributed by atoms with Crippen molar-refractivity contribution in [1.82, 2.24) is 9.97 Å². The average molecular weight is 414 g/mol. The zero-order valence-corrected chi connectivity index (χ0v) is 17.2. The molecule has 0 radical (unpaired) electrons. The van der Waals surface area contributed by atoms with Crippen LogP contribution in [0.1, 0.15) is 21.7 Å². The number of nitrogens with zero attached hydrogens (tertiary/aromatic N) is 3. The number of hydrogen-bond acceptors (Lipinski definition) is 6. The van der Waals surface area contributed by atoms with Crippen molar-refractivity contribution in [3.63, 3.8) is 0 Å². The molecule has 4 rings (SSSR count). The first-order valence-corrected chi connectivity index (χ1v) is 10.3. The molecule has 0 unspecified atom stereocenters. The van der Waals surface area contributed by atoms with Gasteiger partial charge in [-0.25, -0.2) is 9.97 Å². The maximum atomic E-state index is 9.10. The van der Waals surface area contributed by atoms with Crippen LogP contribution in [0.4, 0.5) is 0 Å². The van der Waals surface area contributed by atoms with E-state index in [1.54, 1.807) is 29.7 Å². The molecule has 30 heavy (non-hydrogen) atoms. The van der Waals surface area contributed by atoms with E-state index in [2.05, 4.69) is 30.1 Å². The van der Waals surface area contributed by atoms with Gasteiger partial charge in [-0.2, -0.15) is 5.26 Å². The number of aryl methyl sites for hydroxylation is 1. The second-order valence-corrected chi connectivity index (χ2v) is 7.78. The predicted octanol–water partition coefficient (Wildman–Crippen LogP) is 5.54. The quantitative estimate of drug-likeness (QED) is 0.398. The van der Waals surface area contributed by atoms with Crippen LogP contribution in [0.3, 0.4) is 0 Å². The first kappa shape index (κ1) is 19.6. The lowest BCUT2D eigenvalue weighted by atomic mass is 10.2. The van der Waals surface area contributed by atoms with Crippen LogP contribution in [0.25, 0.3) is 10.6 Å². The molecule has 0 N–H and O–H groups in total. The summed E-state index contributed by atoms with van der Waals surface area (Å²) in [5.41, 5.74) is 3.46. The van der Waals surface area contributed by atoms with Gasteiger partial charge in [-0.05, 0) is 36.8 Å². The Morgan fingerprint density at radius 1 is 0.933 bits per heavy atom. The van der Waals surface area contributed by atoms with E-state index in [0.29, 0.717) is 24.7 Å². The molecular weight excluding hydrogens is 394 g/mol. The Balaban J connectivity index is 1.35. The SMILES string of the molecule is Cc1sc(-c2ccccc2)nc1COc1ccc(COc2ncccc2C#N)cc1. The Hall–Kier alpha value is -3.69. The molecule has 0 aliphatic carbocycles.